The molecule has 0 aliphatic carbocycles. The molecule has 7 heteroatoms. The molecule has 2 N–H and O–H groups in total. The molecule has 1 aromatic rings. The Balaban J connectivity index is 0.00000324. The van der Waals surface area contributed by atoms with Crippen molar-refractivity contribution in [1.29, 1.82) is 0 Å². The molecule has 0 spiro atoms. The van der Waals surface area contributed by atoms with Crippen molar-refractivity contribution in [3.63, 3.8) is 0 Å². The Morgan fingerprint density at radius 3 is 2.58 bits per heavy atom. The molecule has 19 heavy (non-hydrogen) atoms. The summed E-state index contributed by atoms with van der Waals surface area (Å²) in [5.41, 5.74) is 6.24. The fourth-order valence-corrected chi connectivity index (χ4v) is 1.56. The second kappa shape index (κ2) is 7.03. The normalized spacial score (nSPS) is 12.5. The molecule has 0 bridgehead atoms. The summed E-state index contributed by atoms with van der Waals surface area (Å²) < 4.78 is 31.6. The fraction of sp³-hybridized carbons (Fsp3) is 0.417. The Kier molecular flexibility index (Phi) is 6.69. The van der Waals surface area contributed by atoms with Crippen LogP contribution in [0.1, 0.15) is 24.1 Å². The molecule has 0 aliphatic heterocycles. The molecule has 0 amide bonds. The van der Waals surface area contributed by atoms with Gasteiger partial charge in [0.1, 0.15) is 6.04 Å². The topological polar surface area (TPSA) is 52.3 Å². The van der Waals surface area contributed by atoms with Crippen molar-refractivity contribution in [3.05, 3.63) is 34.3 Å². The molecule has 1 atom stereocenters. The van der Waals surface area contributed by atoms with Crippen LogP contribution in [0.5, 0.6) is 0 Å². The maximum absolute atomic E-state index is 13.7. The van der Waals surface area contributed by atoms with Gasteiger partial charge in [-0.05, 0) is 31.0 Å². The molecule has 0 saturated carbocycles. The van der Waals surface area contributed by atoms with Crippen molar-refractivity contribution in [2.45, 2.75) is 25.8 Å². The van der Waals surface area contributed by atoms with Gasteiger partial charge < -0.3 is 10.5 Å². The summed E-state index contributed by atoms with van der Waals surface area (Å²) in [7, 11) is 0. The van der Waals surface area contributed by atoms with Gasteiger partial charge in [-0.25, -0.2) is 4.79 Å². The number of halogens is 4. The van der Waals surface area contributed by atoms with Gasteiger partial charge in [-0.1, -0.05) is 23.7 Å². The first-order valence-corrected chi connectivity index (χ1v) is 5.75. The molecule has 0 heterocycles. The van der Waals surface area contributed by atoms with E-state index in [0.717, 1.165) is 5.56 Å². The van der Waals surface area contributed by atoms with Gasteiger partial charge in [-0.15, -0.1) is 12.4 Å². The lowest BCUT2D eigenvalue weighted by Gasteiger charge is -2.22. The fourth-order valence-electron chi connectivity index (χ4n) is 1.37. The van der Waals surface area contributed by atoms with E-state index in [2.05, 4.69) is 4.74 Å². The number of ether oxygens (including phenoxy) is 1. The summed E-state index contributed by atoms with van der Waals surface area (Å²) >= 11 is 5.83. The van der Waals surface area contributed by atoms with Crippen molar-refractivity contribution in [1.82, 2.24) is 0 Å². The summed E-state index contributed by atoms with van der Waals surface area (Å²) in [5, 5.41) is 0.322. The average Bonchev–Trinajstić information content (AvgIpc) is 2.32. The highest BCUT2D eigenvalue weighted by Gasteiger charge is 2.47. The van der Waals surface area contributed by atoms with Crippen molar-refractivity contribution in [3.8, 4) is 0 Å². The number of benzene rings is 1. The number of alkyl halides is 2. The first-order valence-electron chi connectivity index (χ1n) is 5.37. The van der Waals surface area contributed by atoms with Gasteiger partial charge in [0, 0.05) is 5.02 Å². The minimum absolute atomic E-state index is 0. The van der Waals surface area contributed by atoms with Gasteiger partial charge in [0.25, 0.3) is 0 Å². The second-order valence-corrected chi connectivity index (χ2v) is 4.24. The van der Waals surface area contributed by atoms with E-state index in [9.17, 15) is 13.6 Å². The van der Waals surface area contributed by atoms with Gasteiger partial charge in [0.15, 0.2) is 0 Å². The van der Waals surface area contributed by atoms with E-state index in [1.165, 1.54) is 19.1 Å². The Morgan fingerprint density at radius 2 is 2.11 bits per heavy atom. The Hall–Kier alpha value is -0.910. The van der Waals surface area contributed by atoms with Crippen LogP contribution < -0.4 is 5.73 Å². The van der Waals surface area contributed by atoms with Crippen LogP contribution in [-0.2, 0) is 9.53 Å². The number of aryl methyl sites for hydroxylation is 1. The van der Waals surface area contributed by atoms with Crippen LogP contribution in [0.25, 0.3) is 0 Å². The molecule has 0 aliphatic rings. The first kappa shape index (κ1) is 18.1. The number of hydrogen-bond donors (Lipinski definition) is 1. The lowest BCUT2D eigenvalue weighted by Crippen LogP contribution is -2.41. The van der Waals surface area contributed by atoms with Crippen LogP contribution in [0.3, 0.4) is 0 Å². The van der Waals surface area contributed by atoms with Crippen LogP contribution in [0.15, 0.2) is 18.2 Å². The molecule has 1 aromatic carbocycles. The molecular formula is C12H15Cl2F2NO2. The standard InChI is InChI=1S/C12H14ClF2NO2.ClH/c1-3-18-11(17)12(14,15)10(16)8-5-4-7(2)9(13)6-8;/h4-6,10H,3,16H2,1-2H3;1H/t10-;/m1./s1. The lowest BCUT2D eigenvalue weighted by molar-refractivity contribution is -0.174. The minimum Gasteiger partial charge on any atom is -0.462 e. The lowest BCUT2D eigenvalue weighted by atomic mass is 10.0. The van der Waals surface area contributed by atoms with Crippen LogP contribution in [0, 0.1) is 6.92 Å². The maximum atomic E-state index is 13.7. The monoisotopic (exact) mass is 313 g/mol. The molecule has 3 nitrogen and oxygen atoms in total. The highest BCUT2D eigenvalue weighted by atomic mass is 35.5. The van der Waals surface area contributed by atoms with Crippen LogP contribution in [0.2, 0.25) is 5.02 Å². The van der Waals surface area contributed by atoms with Crippen LogP contribution in [0.4, 0.5) is 8.78 Å². The smallest absolute Gasteiger partial charge is 0.379 e. The number of esters is 1. The number of hydrogen-bond acceptors (Lipinski definition) is 3. The number of nitrogens with two attached hydrogens (primary N) is 1. The van der Waals surface area contributed by atoms with Crippen molar-refractivity contribution in [2.75, 3.05) is 6.61 Å². The zero-order valence-corrected chi connectivity index (χ0v) is 12.0. The van der Waals surface area contributed by atoms with Gasteiger partial charge >= 0.3 is 11.9 Å². The maximum Gasteiger partial charge on any atom is 0.379 e. The molecule has 0 saturated heterocycles. The van der Waals surface area contributed by atoms with E-state index in [-0.39, 0.29) is 24.6 Å². The summed E-state index contributed by atoms with van der Waals surface area (Å²) in [5.74, 6) is -5.41. The van der Waals surface area contributed by atoms with Gasteiger partial charge in [0.2, 0.25) is 0 Å². The van der Waals surface area contributed by atoms with E-state index in [1.807, 2.05) is 0 Å². The third-order valence-corrected chi connectivity index (χ3v) is 2.90. The molecule has 0 fully saturated rings. The molecule has 0 unspecified atom stereocenters. The summed E-state index contributed by atoms with van der Waals surface area (Å²) in [6.07, 6.45) is 0. The van der Waals surface area contributed by atoms with Gasteiger partial charge in [-0.3, -0.25) is 0 Å². The SMILES string of the molecule is CCOC(=O)C(F)(F)[C@H](N)c1ccc(C)c(Cl)c1.Cl. The predicted octanol–water partition coefficient (Wildman–Crippen LogP) is 3.27. The summed E-state index contributed by atoms with van der Waals surface area (Å²) in [6, 6.07) is 2.53. The Labute approximate surface area is 121 Å². The Morgan fingerprint density at radius 1 is 1.53 bits per heavy atom. The largest absolute Gasteiger partial charge is 0.462 e. The van der Waals surface area contributed by atoms with Gasteiger partial charge in [-0.2, -0.15) is 8.78 Å². The van der Waals surface area contributed by atoms with E-state index in [0.29, 0.717) is 5.02 Å². The summed E-state index contributed by atoms with van der Waals surface area (Å²) in [4.78, 5) is 11.1. The molecule has 1 rings (SSSR count). The summed E-state index contributed by atoms with van der Waals surface area (Å²) in [6.45, 7) is 3.05. The highest BCUT2D eigenvalue weighted by molar-refractivity contribution is 6.31. The van der Waals surface area contributed by atoms with Crippen molar-refractivity contribution < 1.29 is 18.3 Å². The Bertz CT molecular complexity index is 455. The van der Waals surface area contributed by atoms with Gasteiger partial charge in [0.05, 0.1) is 6.61 Å². The molecule has 0 aromatic heterocycles. The third-order valence-electron chi connectivity index (χ3n) is 2.49. The predicted molar refractivity (Wildman–Crippen MR) is 71.9 cm³/mol. The highest BCUT2D eigenvalue weighted by Crippen LogP contribution is 2.32. The molecule has 0 radical (unpaired) electrons. The van der Waals surface area contributed by atoms with Crippen LogP contribution >= 0.6 is 24.0 Å². The van der Waals surface area contributed by atoms with E-state index in [4.69, 9.17) is 17.3 Å². The van der Waals surface area contributed by atoms with Crippen molar-refractivity contribution in [2.24, 2.45) is 5.73 Å². The number of carbonyl (C=O) groups is 1. The van der Waals surface area contributed by atoms with E-state index >= 15 is 0 Å². The number of rotatable bonds is 4. The first-order chi connectivity index (χ1) is 8.30. The zero-order valence-electron chi connectivity index (χ0n) is 10.5. The zero-order chi connectivity index (χ0) is 13.9. The average molecular weight is 314 g/mol. The quantitative estimate of drug-likeness (QED) is 0.868. The van der Waals surface area contributed by atoms with Crippen LogP contribution in [-0.4, -0.2) is 18.5 Å². The van der Waals surface area contributed by atoms with E-state index in [1.54, 1.807) is 13.0 Å². The second-order valence-electron chi connectivity index (χ2n) is 3.83. The van der Waals surface area contributed by atoms with E-state index < -0.39 is 17.9 Å². The van der Waals surface area contributed by atoms with Crippen molar-refractivity contribution >= 4 is 30.0 Å². The third kappa shape index (κ3) is 4.03. The molecular weight excluding hydrogens is 299 g/mol. The number of carbonyl (C=O) groups excluding carboxylic acids is 1. The minimum atomic E-state index is -3.78. The molecule has 108 valence electrons.